The summed E-state index contributed by atoms with van der Waals surface area (Å²) in [6.07, 6.45) is 1.31. The molecule has 0 radical (unpaired) electrons. The lowest BCUT2D eigenvalue weighted by atomic mass is 9.91. The van der Waals surface area contributed by atoms with Gasteiger partial charge in [0.2, 0.25) is 9.84 Å². The van der Waals surface area contributed by atoms with Crippen LogP contribution in [0.4, 0.5) is 0 Å². The largest absolute Gasteiger partial charge is 0.413 e. The van der Waals surface area contributed by atoms with Crippen molar-refractivity contribution in [3.05, 3.63) is 41.3 Å². The van der Waals surface area contributed by atoms with Crippen LogP contribution in [-0.2, 0) is 14.3 Å². The highest BCUT2D eigenvalue weighted by atomic mass is 32.2. The molecule has 27 heavy (non-hydrogen) atoms. The maximum Gasteiger partial charge on any atom is 0.202 e. The lowest BCUT2D eigenvalue weighted by Crippen LogP contribution is -2.47. The molecule has 1 aromatic rings. The number of aliphatic hydroxyl groups is 1. The number of sulfone groups is 1. The molecule has 6 heteroatoms. The van der Waals surface area contributed by atoms with Gasteiger partial charge in [0.1, 0.15) is 0 Å². The standard InChI is InChI=1S/C21H34O4SSi/c1-15-18(25-27(6,7)21(3,4)5)13-14-19(16(2)20(15)22)26(23,24)17-11-9-8-10-12-17/h8-12,14-16,18,20,22H,13H2,1-7H3/t15?,16-,18?,20+/m1/s1. The van der Waals surface area contributed by atoms with E-state index in [1.54, 1.807) is 43.3 Å². The molecule has 0 heterocycles. The second-order valence-electron chi connectivity index (χ2n) is 9.21. The van der Waals surface area contributed by atoms with Crippen LogP contribution in [0.5, 0.6) is 0 Å². The second-order valence-corrected chi connectivity index (χ2v) is 15.9. The lowest BCUT2D eigenvalue weighted by molar-refractivity contribution is 0.0149. The number of aliphatic hydroxyl groups excluding tert-OH is 1. The van der Waals surface area contributed by atoms with Gasteiger partial charge in [-0.3, -0.25) is 0 Å². The molecule has 0 aromatic heterocycles. The average molecular weight is 411 g/mol. The summed E-state index contributed by atoms with van der Waals surface area (Å²) in [5.41, 5.74) is 0. The third kappa shape index (κ3) is 4.55. The smallest absolute Gasteiger partial charge is 0.202 e. The first-order valence-electron chi connectivity index (χ1n) is 9.65. The SMILES string of the molecule is CC1C(O[Si](C)(C)C(C)(C)C)CC=C(S(=O)(=O)c2ccccc2)[C@@H](C)[C@H]1O. The van der Waals surface area contributed by atoms with Crippen molar-refractivity contribution in [1.82, 2.24) is 0 Å². The van der Waals surface area contributed by atoms with Crippen molar-refractivity contribution in [3.63, 3.8) is 0 Å². The molecule has 0 amide bonds. The summed E-state index contributed by atoms with van der Waals surface area (Å²) in [6, 6.07) is 8.44. The average Bonchev–Trinajstić information content (AvgIpc) is 2.67. The molecule has 0 saturated heterocycles. The van der Waals surface area contributed by atoms with E-state index in [4.69, 9.17) is 4.43 Å². The van der Waals surface area contributed by atoms with Crippen molar-refractivity contribution < 1.29 is 18.0 Å². The molecular weight excluding hydrogens is 376 g/mol. The van der Waals surface area contributed by atoms with E-state index < -0.39 is 30.2 Å². The zero-order chi connectivity index (χ0) is 20.6. The van der Waals surface area contributed by atoms with Crippen molar-refractivity contribution in [3.8, 4) is 0 Å². The Morgan fingerprint density at radius 1 is 1.11 bits per heavy atom. The summed E-state index contributed by atoms with van der Waals surface area (Å²) in [6.45, 7) is 14.7. The molecule has 152 valence electrons. The van der Waals surface area contributed by atoms with Crippen molar-refractivity contribution in [2.45, 2.75) is 76.3 Å². The first-order valence-corrected chi connectivity index (χ1v) is 14.0. The minimum absolute atomic E-state index is 0.0538. The maximum atomic E-state index is 13.1. The highest BCUT2D eigenvalue weighted by molar-refractivity contribution is 7.95. The summed E-state index contributed by atoms with van der Waals surface area (Å²) in [7, 11) is -5.66. The number of rotatable bonds is 4. The van der Waals surface area contributed by atoms with Gasteiger partial charge in [-0.2, -0.15) is 0 Å². The van der Waals surface area contributed by atoms with Gasteiger partial charge in [-0.05, 0) is 36.7 Å². The van der Waals surface area contributed by atoms with Crippen LogP contribution >= 0.6 is 0 Å². The van der Waals surface area contributed by atoms with Crippen LogP contribution in [0.3, 0.4) is 0 Å². The normalized spacial score (nSPS) is 27.8. The van der Waals surface area contributed by atoms with Gasteiger partial charge in [0.05, 0.1) is 22.0 Å². The summed E-state index contributed by atoms with van der Waals surface area (Å²) in [5, 5.41) is 11.0. The Balaban J connectivity index is 2.39. The molecule has 0 bridgehead atoms. The van der Waals surface area contributed by atoms with E-state index in [9.17, 15) is 13.5 Å². The maximum absolute atomic E-state index is 13.1. The summed E-state index contributed by atoms with van der Waals surface area (Å²) < 4.78 is 32.8. The Labute approximate surface area is 165 Å². The van der Waals surface area contributed by atoms with Gasteiger partial charge in [-0.15, -0.1) is 0 Å². The monoisotopic (exact) mass is 410 g/mol. The quantitative estimate of drug-likeness (QED) is 0.726. The van der Waals surface area contributed by atoms with E-state index in [0.29, 0.717) is 11.3 Å². The third-order valence-corrected chi connectivity index (χ3v) is 12.8. The van der Waals surface area contributed by atoms with Gasteiger partial charge >= 0.3 is 0 Å². The molecule has 0 spiro atoms. The first kappa shape index (κ1) is 22.3. The molecule has 4 atom stereocenters. The molecule has 0 saturated carbocycles. The van der Waals surface area contributed by atoms with E-state index in [1.807, 2.05) is 6.92 Å². The highest BCUT2D eigenvalue weighted by Crippen LogP contribution is 2.41. The predicted octanol–water partition coefficient (Wildman–Crippen LogP) is 4.77. The molecule has 2 rings (SSSR count). The van der Waals surface area contributed by atoms with Crippen molar-refractivity contribution in [2.75, 3.05) is 0 Å². The van der Waals surface area contributed by atoms with Crippen LogP contribution in [0.15, 0.2) is 46.2 Å². The molecular formula is C21H34O4SSi. The molecule has 1 N–H and O–H groups in total. The molecule has 1 aliphatic rings. The van der Waals surface area contributed by atoms with Crippen LogP contribution in [0.2, 0.25) is 18.1 Å². The van der Waals surface area contributed by atoms with Crippen LogP contribution in [-0.4, -0.2) is 34.0 Å². The van der Waals surface area contributed by atoms with Crippen LogP contribution < -0.4 is 0 Å². The van der Waals surface area contributed by atoms with Crippen LogP contribution in [0.25, 0.3) is 0 Å². The van der Waals surface area contributed by atoms with Gasteiger partial charge in [-0.1, -0.05) is 58.9 Å². The van der Waals surface area contributed by atoms with E-state index in [1.165, 1.54) is 0 Å². The van der Waals surface area contributed by atoms with E-state index >= 15 is 0 Å². The van der Waals surface area contributed by atoms with Gasteiger partial charge < -0.3 is 9.53 Å². The zero-order valence-corrected chi connectivity index (χ0v) is 19.4. The molecule has 1 aromatic carbocycles. The minimum Gasteiger partial charge on any atom is -0.413 e. The third-order valence-electron chi connectivity index (χ3n) is 6.25. The Morgan fingerprint density at radius 2 is 1.67 bits per heavy atom. The molecule has 0 fully saturated rings. The van der Waals surface area contributed by atoms with Crippen LogP contribution in [0, 0.1) is 11.8 Å². The van der Waals surface area contributed by atoms with Gasteiger partial charge in [0.25, 0.3) is 0 Å². The topological polar surface area (TPSA) is 63.6 Å². The summed E-state index contributed by atoms with van der Waals surface area (Å²) in [4.78, 5) is 0.570. The second kappa shape index (κ2) is 7.82. The van der Waals surface area contributed by atoms with Crippen molar-refractivity contribution >= 4 is 18.2 Å². The first-order chi connectivity index (χ1) is 12.3. The van der Waals surface area contributed by atoms with Crippen molar-refractivity contribution in [1.29, 1.82) is 0 Å². The lowest BCUT2D eigenvalue weighted by Gasteiger charge is -2.41. The fourth-order valence-electron chi connectivity index (χ4n) is 3.28. The Hall–Kier alpha value is -0.953. The Kier molecular flexibility index (Phi) is 6.47. The van der Waals surface area contributed by atoms with Gasteiger partial charge in [0, 0.05) is 11.8 Å². The predicted molar refractivity (Wildman–Crippen MR) is 113 cm³/mol. The highest BCUT2D eigenvalue weighted by Gasteiger charge is 2.43. The minimum atomic E-state index is -3.63. The molecule has 1 aliphatic carbocycles. The number of benzene rings is 1. The molecule has 0 aliphatic heterocycles. The fourth-order valence-corrected chi connectivity index (χ4v) is 6.43. The number of hydrogen-bond acceptors (Lipinski definition) is 4. The number of hydrogen-bond donors (Lipinski definition) is 1. The Bertz CT molecular complexity index is 778. The van der Waals surface area contributed by atoms with E-state index in [0.717, 1.165) is 0 Å². The summed E-state index contributed by atoms with van der Waals surface area (Å²) >= 11 is 0. The fraction of sp³-hybridized carbons (Fsp3) is 0.619. The zero-order valence-electron chi connectivity index (χ0n) is 17.6. The van der Waals surface area contributed by atoms with Crippen molar-refractivity contribution in [2.24, 2.45) is 11.8 Å². The van der Waals surface area contributed by atoms with Crippen LogP contribution in [0.1, 0.15) is 41.0 Å². The molecule has 2 unspecified atom stereocenters. The Morgan fingerprint density at radius 3 is 2.19 bits per heavy atom. The summed E-state index contributed by atoms with van der Waals surface area (Å²) in [5.74, 6) is -0.618. The molecule has 4 nitrogen and oxygen atoms in total. The van der Waals surface area contributed by atoms with Gasteiger partial charge in [0.15, 0.2) is 8.32 Å². The van der Waals surface area contributed by atoms with E-state index in [-0.39, 0.29) is 22.0 Å². The van der Waals surface area contributed by atoms with E-state index in [2.05, 4.69) is 33.9 Å². The van der Waals surface area contributed by atoms with Gasteiger partial charge in [-0.25, -0.2) is 8.42 Å².